The number of carbonyl (C=O) groups excluding carboxylic acids is 1. The van der Waals surface area contributed by atoms with Gasteiger partial charge in [-0.3, -0.25) is 0 Å². The lowest BCUT2D eigenvalue weighted by molar-refractivity contribution is 0.0564. The van der Waals surface area contributed by atoms with Crippen LogP contribution in [-0.4, -0.2) is 27.8 Å². The van der Waals surface area contributed by atoms with Crippen LogP contribution in [0.4, 0.5) is 0 Å². The molecule has 6 nitrogen and oxygen atoms in total. The number of furan rings is 1. The Bertz CT molecular complexity index is 688. The first-order valence-electron chi connectivity index (χ1n) is 7.06. The molecule has 2 heterocycles. The Morgan fingerprint density at radius 2 is 2.41 bits per heavy atom. The molecule has 1 aliphatic rings. The molecule has 1 fully saturated rings. The van der Waals surface area contributed by atoms with Crippen LogP contribution in [0.2, 0.25) is 0 Å². The van der Waals surface area contributed by atoms with Crippen LogP contribution in [0.15, 0.2) is 34.6 Å². The molecule has 0 amide bonds. The maximum Gasteiger partial charge on any atom is 0.374 e. The number of hydrogen-bond acceptors (Lipinski definition) is 6. The Labute approximate surface area is 132 Å². The SMILES string of the molecule is C=CCn1c(SCc2ccoc2C(=O)OC)nnc1C1CC1. The maximum absolute atomic E-state index is 11.6. The Morgan fingerprint density at radius 3 is 3.09 bits per heavy atom. The third-order valence-corrected chi connectivity index (χ3v) is 4.49. The number of thioether (sulfide) groups is 1. The van der Waals surface area contributed by atoms with E-state index in [0.717, 1.165) is 16.5 Å². The van der Waals surface area contributed by atoms with Crippen molar-refractivity contribution in [2.75, 3.05) is 7.11 Å². The predicted molar refractivity (Wildman–Crippen MR) is 81.8 cm³/mol. The van der Waals surface area contributed by atoms with Crippen molar-refractivity contribution in [3.63, 3.8) is 0 Å². The second-order valence-electron chi connectivity index (χ2n) is 5.07. The molecule has 0 atom stereocenters. The fourth-order valence-corrected chi connectivity index (χ4v) is 3.15. The van der Waals surface area contributed by atoms with Crippen molar-refractivity contribution in [2.45, 2.75) is 36.2 Å². The number of hydrogen-bond donors (Lipinski definition) is 0. The maximum atomic E-state index is 11.6. The average molecular weight is 319 g/mol. The molecule has 1 saturated carbocycles. The minimum absolute atomic E-state index is 0.243. The molecule has 0 saturated heterocycles. The van der Waals surface area contributed by atoms with Crippen molar-refractivity contribution in [1.82, 2.24) is 14.8 Å². The molecule has 3 rings (SSSR count). The number of rotatable bonds is 7. The average Bonchev–Trinajstić information content (AvgIpc) is 3.13. The predicted octanol–water partition coefficient (Wildman–Crippen LogP) is 3.01. The minimum atomic E-state index is -0.466. The van der Waals surface area contributed by atoms with Crippen molar-refractivity contribution in [1.29, 1.82) is 0 Å². The van der Waals surface area contributed by atoms with Crippen LogP contribution in [0.5, 0.6) is 0 Å². The molecule has 0 aliphatic heterocycles. The minimum Gasteiger partial charge on any atom is -0.463 e. The van der Waals surface area contributed by atoms with Crippen molar-refractivity contribution in [3.05, 3.63) is 42.1 Å². The van der Waals surface area contributed by atoms with Gasteiger partial charge in [0.25, 0.3) is 0 Å². The van der Waals surface area contributed by atoms with Crippen LogP contribution in [0, 0.1) is 0 Å². The third kappa shape index (κ3) is 2.94. The lowest BCUT2D eigenvalue weighted by Crippen LogP contribution is -2.04. The molecule has 0 unspecified atom stereocenters. The number of ether oxygens (including phenoxy) is 1. The van der Waals surface area contributed by atoms with Crippen LogP contribution in [0.25, 0.3) is 0 Å². The molecule has 116 valence electrons. The Balaban J connectivity index is 1.75. The zero-order valence-corrected chi connectivity index (χ0v) is 13.1. The highest BCUT2D eigenvalue weighted by Crippen LogP contribution is 2.40. The summed E-state index contributed by atoms with van der Waals surface area (Å²) in [5.74, 6) is 1.91. The topological polar surface area (TPSA) is 70.2 Å². The third-order valence-electron chi connectivity index (χ3n) is 3.47. The second kappa shape index (κ2) is 6.39. The molecule has 22 heavy (non-hydrogen) atoms. The van der Waals surface area contributed by atoms with Gasteiger partial charge in [0.1, 0.15) is 5.82 Å². The first-order chi connectivity index (χ1) is 10.7. The van der Waals surface area contributed by atoms with Gasteiger partial charge in [-0.1, -0.05) is 17.8 Å². The summed E-state index contributed by atoms with van der Waals surface area (Å²) in [7, 11) is 1.34. The van der Waals surface area contributed by atoms with Crippen molar-refractivity contribution in [3.8, 4) is 0 Å². The van der Waals surface area contributed by atoms with Gasteiger partial charge in [0.15, 0.2) is 5.16 Å². The molecule has 2 aromatic rings. The van der Waals surface area contributed by atoms with Gasteiger partial charge in [0.05, 0.1) is 13.4 Å². The van der Waals surface area contributed by atoms with Crippen molar-refractivity contribution in [2.24, 2.45) is 0 Å². The standard InChI is InChI=1S/C15H17N3O3S/c1-3-7-18-13(10-4-5-10)16-17-15(18)22-9-11-6-8-21-12(11)14(19)20-2/h3,6,8,10H,1,4-5,7,9H2,2H3. The van der Waals surface area contributed by atoms with Crippen LogP contribution in [0.1, 0.15) is 40.7 Å². The van der Waals surface area contributed by atoms with E-state index in [1.165, 1.54) is 38.0 Å². The lowest BCUT2D eigenvalue weighted by Gasteiger charge is -2.06. The highest BCUT2D eigenvalue weighted by molar-refractivity contribution is 7.98. The number of esters is 1. The van der Waals surface area contributed by atoms with E-state index >= 15 is 0 Å². The van der Waals surface area contributed by atoms with Gasteiger partial charge in [0.2, 0.25) is 5.76 Å². The summed E-state index contributed by atoms with van der Waals surface area (Å²) in [4.78, 5) is 11.6. The van der Waals surface area contributed by atoms with Gasteiger partial charge in [-0.15, -0.1) is 16.8 Å². The van der Waals surface area contributed by atoms with Gasteiger partial charge in [-0.2, -0.15) is 0 Å². The van der Waals surface area contributed by atoms with Crippen LogP contribution >= 0.6 is 11.8 Å². The van der Waals surface area contributed by atoms with E-state index in [9.17, 15) is 4.79 Å². The number of aromatic nitrogens is 3. The molecule has 0 spiro atoms. The number of nitrogens with zero attached hydrogens (tertiary/aromatic N) is 3. The zero-order valence-electron chi connectivity index (χ0n) is 12.3. The van der Waals surface area contributed by atoms with E-state index in [1.807, 2.05) is 6.08 Å². The normalized spacial score (nSPS) is 14.0. The van der Waals surface area contributed by atoms with E-state index < -0.39 is 5.97 Å². The lowest BCUT2D eigenvalue weighted by atomic mass is 10.3. The fourth-order valence-electron chi connectivity index (χ4n) is 2.21. The summed E-state index contributed by atoms with van der Waals surface area (Å²) in [6.45, 7) is 4.48. The van der Waals surface area contributed by atoms with Crippen LogP contribution in [-0.2, 0) is 17.0 Å². The smallest absolute Gasteiger partial charge is 0.374 e. The van der Waals surface area contributed by atoms with E-state index in [1.54, 1.807) is 6.07 Å². The van der Waals surface area contributed by atoms with Crippen LogP contribution < -0.4 is 0 Å². The van der Waals surface area contributed by atoms with E-state index in [4.69, 9.17) is 9.15 Å². The first-order valence-corrected chi connectivity index (χ1v) is 8.04. The molecular formula is C15H17N3O3S. The molecule has 2 aromatic heterocycles. The van der Waals surface area contributed by atoms with Gasteiger partial charge < -0.3 is 13.7 Å². The number of methoxy groups -OCH3 is 1. The van der Waals surface area contributed by atoms with Gasteiger partial charge in [0, 0.05) is 23.8 Å². The molecular weight excluding hydrogens is 302 g/mol. The second-order valence-corrected chi connectivity index (χ2v) is 6.01. The summed E-state index contributed by atoms with van der Waals surface area (Å²) >= 11 is 1.53. The van der Waals surface area contributed by atoms with Gasteiger partial charge in [-0.25, -0.2) is 4.79 Å². The van der Waals surface area contributed by atoms with Gasteiger partial charge in [-0.05, 0) is 18.9 Å². The van der Waals surface area contributed by atoms with Gasteiger partial charge >= 0.3 is 5.97 Å². The van der Waals surface area contributed by atoms with E-state index in [-0.39, 0.29) is 5.76 Å². The van der Waals surface area contributed by atoms with E-state index in [2.05, 4.69) is 21.3 Å². The molecule has 7 heteroatoms. The quantitative estimate of drug-likeness (QED) is 0.444. The summed E-state index contributed by atoms with van der Waals surface area (Å²) in [5.41, 5.74) is 0.790. The molecule has 1 aliphatic carbocycles. The van der Waals surface area contributed by atoms with Crippen LogP contribution in [0.3, 0.4) is 0 Å². The summed E-state index contributed by atoms with van der Waals surface area (Å²) in [6, 6.07) is 1.77. The van der Waals surface area contributed by atoms with Crippen molar-refractivity contribution >= 4 is 17.7 Å². The number of carbonyl (C=O) groups is 1. The Morgan fingerprint density at radius 1 is 1.59 bits per heavy atom. The highest BCUT2D eigenvalue weighted by Gasteiger charge is 2.30. The first kappa shape index (κ1) is 14.9. The van der Waals surface area contributed by atoms with E-state index in [0.29, 0.717) is 18.2 Å². The molecule has 0 aromatic carbocycles. The molecule has 0 radical (unpaired) electrons. The molecule has 0 N–H and O–H groups in total. The Kier molecular flexibility index (Phi) is 4.33. The highest BCUT2D eigenvalue weighted by atomic mass is 32.2. The summed E-state index contributed by atoms with van der Waals surface area (Å²) < 4.78 is 12.0. The molecule has 0 bridgehead atoms. The fraction of sp³-hybridized carbons (Fsp3) is 0.400. The zero-order chi connectivity index (χ0) is 15.5. The number of allylic oxidation sites excluding steroid dienone is 1. The summed E-state index contributed by atoms with van der Waals surface area (Å²) in [6.07, 6.45) is 5.69. The Hall–Kier alpha value is -2.02. The summed E-state index contributed by atoms with van der Waals surface area (Å²) in [5, 5.41) is 9.40. The van der Waals surface area contributed by atoms with Crippen molar-refractivity contribution < 1.29 is 13.9 Å². The largest absolute Gasteiger partial charge is 0.463 e. The monoisotopic (exact) mass is 319 g/mol.